The van der Waals surface area contributed by atoms with Crippen molar-refractivity contribution in [2.24, 2.45) is 5.10 Å². The molecule has 2 heterocycles. The highest BCUT2D eigenvalue weighted by Gasteiger charge is 2.19. The Morgan fingerprint density at radius 3 is 2.77 bits per heavy atom. The third kappa shape index (κ3) is 3.35. The van der Waals surface area contributed by atoms with Crippen molar-refractivity contribution >= 4 is 63.6 Å². The first-order valence-electron chi connectivity index (χ1n) is 7.57. The maximum Gasteiger partial charge on any atom is 0.291 e. The summed E-state index contributed by atoms with van der Waals surface area (Å²) in [7, 11) is 0. The number of pyridine rings is 1. The molecular weight excluding hydrogens is 399 g/mol. The Kier molecular flexibility index (Phi) is 5.36. The highest BCUT2D eigenvalue weighted by molar-refractivity contribution is 6.46. The van der Waals surface area contributed by atoms with E-state index in [1.165, 1.54) is 6.21 Å². The summed E-state index contributed by atoms with van der Waals surface area (Å²) in [4.78, 5) is 16.1. The second kappa shape index (κ2) is 7.53. The number of furan rings is 1. The van der Waals surface area contributed by atoms with Crippen molar-refractivity contribution < 1.29 is 9.21 Å². The number of hydrogen-bond donors (Lipinski definition) is 2. The van der Waals surface area contributed by atoms with Crippen molar-refractivity contribution in [1.29, 1.82) is 0 Å². The molecule has 3 aromatic rings. The number of halogens is 3. The highest BCUT2D eigenvalue weighted by atomic mass is 35.5. The fourth-order valence-corrected chi connectivity index (χ4v) is 3.00. The molecule has 2 aromatic heterocycles. The van der Waals surface area contributed by atoms with Crippen LogP contribution in [0.4, 0.5) is 5.69 Å². The van der Waals surface area contributed by atoms with E-state index in [1.807, 2.05) is 31.2 Å². The van der Waals surface area contributed by atoms with Gasteiger partial charge in [-0.2, -0.15) is 5.10 Å². The van der Waals surface area contributed by atoms with Gasteiger partial charge in [-0.25, -0.2) is 10.4 Å². The number of hydrazone groups is 1. The Morgan fingerprint density at radius 2 is 2.04 bits per heavy atom. The number of carbonyl (C=O) groups is 1. The smallest absolute Gasteiger partial charge is 0.291 e. The Labute approximate surface area is 163 Å². The Balaban J connectivity index is 1.87. The van der Waals surface area contributed by atoms with Gasteiger partial charge in [-0.1, -0.05) is 59.9 Å². The molecule has 0 saturated carbocycles. The van der Waals surface area contributed by atoms with Crippen LogP contribution in [0, 0.1) is 0 Å². The molecule has 0 spiro atoms. The van der Waals surface area contributed by atoms with Gasteiger partial charge in [-0.15, -0.1) is 0 Å². The molecule has 26 heavy (non-hydrogen) atoms. The molecule has 0 aliphatic carbocycles. The summed E-state index contributed by atoms with van der Waals surface area (Å²) in [6.45, 7) is 1.97. The van der Waals surface area contributed by atoms with Crippen LogP contribution in [0.25, 0.3) is 11.0 Å². The van der Waals surface area contributed by atoms with E-state index in [-0.39, 0.29) is 26.6 Å². The molecule has 3 rings (SSSR count). The van der Waals surface area contributed by atoms with Crippen LogP contribution in [0.2, 0.25) is 15.2 Å². The molecule has 0 fully saturated rings. The van der Waals surface area contributed by atoms with E-state index in [0.717, 1.165) is 22.3 Å². The number of fused-ring (bicyclic) bond motifs is 1. The van der Waals surface area contributed by atoms with Crippen LogP contribution in [0.1, 0.15) is 28.7 Å². The third-order valence-corrected chi connectivity index (χ3v) is 4.81. The monoisotopic (exact) mass is 410 g/mol. The number of nitrogens with one attached hydrogen (secondary N) is 1. The maximum absolute atomic E-state index is 12.3. The number of aromatic nitrogens is 1. The minimum absolute atomic E-state index is 0.00540. The van der Waals surface area contributed by atoms with Crippen LogP contribution in [0.3, 0.4) is 0 Å². The van der Waals surface area contributed by atoms with Crippen LogP contribution in [-0.2, 0) is 6.42 Å². The van der Waals surface area contributed by atoms with E-state index in [9.17, 15) is 4.79 Å². The van der Waals surface area contributed by atoms with Crippen molar-refractivity contribution in [2.75, 3.05) is 5.73 Å². The molecule has 1 aromatic carbocycles. The van der Waals surface area contributed by atoms with E-state index in [2.05, 4.69) is 15.5 Å². The molecule has 134 valence electrons. The summed E-state index contributed by atoms with van der Waals surface area (Å²) in [6, 6.07) is 7.57. The van der Waals surface area contributed by atoms with Crippen molar-refractivity contribution in [3.8, 4) is 0 Å². The average Bonchev–Trinajstić information content (AvgIpc) is 3.00. The predicted molar refractivity (Wildman–Crippen MR) is 104 cm³/mol. The molecule has 0 unspecified atom stereocenters. The van der Waals surface area contributed by atoms with E-state index in [4.69, 9.17) is 45.0 Å². The number of amides is 1. The molecule has 1 amide bonds. The first-order chi connectivity index (χ1) is 12.4. The SMILES string of the molecule is CCc1oc2ccccc2c1/C=N/NC(=O)c1nc(Cl)c(Cl)c(N)c1Cl. The lowest BCUT2D eigenvalue weighted by atomic mass is 10.1. The van der Waals surface area contributed by atoms with Crippen LogP contribution in [0.15, 0.2) is 33.8 Å². The van der Waals surface area contributed by atoms with Gasteiger partial charge >= 0.3 is 0 Å². The molecule has 0 radical (unpaired) electrons. The number of nitrogen functional groups attached to an aromatic ring is 1. The molecule has 9 heteroatoms. The minimum atomic E-state index is -0.664. The number of rotatable bonds is 4. The van der Waals surface area contributed by atoms with Crippen LogP contribution >= 0.6 is 34.8 Å². The second-order valence-electron chi connectivity index (χ2n) is 5.28. The van der Waals surface area contributed by atoms with Gasteiger partial charge in [0.15, 0.2) is 10.8 Å². The molecule has 3 N–H and O–H groups in total. The summed E-state index contributed by atoms with van der Waals surface area (Å²) in [5, 5.41) is 4.66. The zero-order valence-corrected chi connectivity index (χ0v) is 15.8. The number of para-hydroxylation sites is 1. The molecule has 6 nitrogen and oxygen atoms in total. The minimum Gasteiger partial charge on any atom is -0.460 e. The zero-order chi connectivity index (χ0) is 18.8. The van der Waals surface area contributed by atoms with E-state index < -0.39 is 5.91 Å². The van der Waals surface area contributed by atoms with Crippen molar-refractivity contribution in [1.82, 2.24) is 10.4 Å². The van der Waals surface area contributed by atoms with Gasteiger partial charge in [-0.3, -0.25) is 4.79 Å². The molecular formula is C17H13Cl3N4O2. The van der Waals surface area contributed by atoms with E-state index in [0.29, 0.717) is 6.42 Å². The third-order valence-electron chi connectivity index (χ3n) is 3.68. The zero-order valence-electron chi connectivity index (χ0n) is 13.5. The van der Waals surface area contributed by atoms with Crippen molar-refractivity contribution in [3.05, 3.63) is 56.5 Å². The quantitative estimate of drug-likeness (QED) is 0.370. The summed E-state index contributed by atoms with van der Waals surface area (Å²) in [6.07, 6.45) is 2.19. The number of hydrogen-bond acceptors (Lipinski definition) is 5. The van der Waals surface area contributed by atoms with Crippen LogP contribution in [-0.4, -0.2) is 17.1 Å². The van der Waals surface area contributed by atoms with Gasteiger partial charge < -0.3 is 10.2 Å². The van der Waals surface area contributed by atoms with E-state index >= 15 is 0 Å². The lowest BCUT2D eigenvalue weighted by molar-refractivity contribution is 0.0950. The summed E-state index contributed by atoms with van der Waals surface area (Å²) in [5.74, 6) is 0.0986. The van der Waals surface area contributed by atoms with Crippen LogP contribution < -0.4 is 11.2 Å². The lowest BCUT2D eigenvalue weighted by Crippen LogP contribution is -2.20. The van der Waals surface area contributed by atoms with Crippen molar-refractivity contribution in [2.45, 2.75) is 13.3 Å². The largest absolute Gasteiger partial charge is 0.460 e. The van der Waals surface area contributed by atoms with Gasteiger partial charge in [-0.05, 0) is 6.07 Å². The van der Waals surface area contributed by atoms with Gasteiger partial charge in [0.1, 0.15) is 16.4 Å². The first-order valence-corrected chi connectivity index (χ1v) is 8.71. The predicted octanol–water partition coefficient (Wildman–Crippen LogP) is 4.70. The normalized spacial score (nSPS) is 11.4. The fourth-order valence-electron chi connectivity index (χ4n) is 2.41. The first kappa shape index (κ1) is 18.5. The molecule has 0 aliphatic rings. The Bertz CT molecular complexity index is 1030. The van der Waals surface area contributed by atoms with Crippen LogP contribution in [0.5, 0.6) is 0 Å². The fraction of sp³-hybridized carbons (Fsp3) is 0.118. The number of nitrogens with zero attached hydrogens (tertiary/aromatic N) is 2. The molecule has 0 atom stereocenters. The topological polar surface area (TPSA) is 93.5 Å². The number of anilines is 1. The summed E-state index contributed by atoms with van der Waals surface area (Å²) in [5.41, 5.74) is 9.42. The summed E-state index contributed by atoms with van der Waals surface area (Å²) >= 11 is 17.7. The average molecular weight is 412 g/mol. The Hall–Kier alpha value is -2.28. The van der Waals surface area contributed by atoms with Crippen molar-refractivity contribution in [3.63, 3.8) is 0 Å². The number of benzene rings is 1. The Morgan fingerprint density at radius 1 is 1.31 bits per heavy atom. The van der Waals surface area contributed by atoms with Gasteiger partial charge in [0.2, 0.25) is 0 Å². The number of aryl methyl sites for hydroxylation is 1. The van der Waals surface area contributed by atoms with Gasteiger partial charge in [0.05, 0.1) is 16.9 Å². The lowest BCUT2D eigenvalue weighted by Gasteiger charge is -2.07. The highest BCUT2D eigenvalue weighted by Crippen LogP contribution is 2.34. The van der Waals surface area contributed by atoms with Gasteiger partial charge in [0.25, 0.3) is 5.91 Å². The molecule has 0 bridgehead atoms. The summed E-state index contributed by atoms with van der Waals surface area (Å²) < 4.78 is 5.77. The number of carbonyl (C=O) groups excluding carboxylic acids is 1. The second-order valence-corrected chi connectivity index (χ2v) is 6.39. The van der Waals surface area contributed by atoms with E-state index in [1.54, 1.807) is 0 Å². The maximum atomic E-state index is 12.3. The van der Waals surface area contributed by atoms with Gasteiger partial charge in [0, 0.05) is 17.4 Å². The molecule has 0 aliphatic heterocycles. The number of nitrogens with two attached hydrogens (primary N) is 1. The standard InChI is InChI=1S/C17H13Cl3N4O2/c1-2-10-9(8-5-3-4-6-11(8)26-10)7-22-24-17(25)15-12(18)14(21)13(19)16(20)23-15/h3-7H,2H2,1H3,(H2,21,23)(H,24,25)/b22-7+. The molecule has 0 saturated heterocycles.